The van der Waals surface area contributed by atoms with E-state index in [0.717, 1.165) is 5.33 Å². The molecule has 0 aromatic heterocycles. The Labute approximate surface area is 117 Å². The summed E-state index contributed by atoms with van der Waals surface area (Å²) in [5, 5.41) is 3.89. The van der Waals surface area contributed by atoms with Gasteiger partial charge in [-0.25, -0.2) is 0 Å². The molecule has 1 aromatic carbocycles. The SMILES string of the molecule is O=C(CC1CCCC1)NCc1ccc(CBr)cc1. The topological polar surface area (TPSA) is 29.1 Å². The summed E-state index contributed by atoms with van der Waals surface area (Å²) < 4.78 is 0. The van der Waals surface area contributed by atoms with Gasteiger partial charge in [-0.3, -0.25) is 4.79 Å². The zero-order chi connectivity index (χ0) is 12.8. The van der Waals surface area contributed by atoms with Crippen LogP contribution < -0.4 is 5.32 Å². The lowest BCUT2D eigenvalue weighted by atomic mass is 10.0. The molecule has 1 amide bonds. The largest absolute Gasteiger partial charge is 0.352 e. The first kappa shape index (κ1) is 13.6. The molecule has 98 valence electrons. The molecule has 1 aliphatic rings. The second-order valence-corrected chi connectivity index (χ2v) is 5.64. The van der Waals surface area contributed by atoms with Gasteiger partial charge < -0.3 is 5.32 Å². The van der Waals surface area contributed by atoms with Gasteiger partial charge in [0.15, 0.2) is 0 Å². The fourth-order valence-corrected chi connectivity index (χ4v) is 2.87. The molecule has 1 N–H and O–H groups in total. The Morgan fingerprint density at radius 2 is 1.78 bits per heavy atom. The van der Waals surface area contributed by atoms with E-state index >= 15 is 0 Å². The number of rotatable bonds is 5. The van der Waals surface area contributed by atoms with E-state index in [1.165, 1.54) is 36.8 Å². The number of nitrogens with one attached hydrogen (secondary N) is 1. The molecule has 0 radical (unpaired) electrons. The Balaban J connectivity index is 1.74. The maximum absolute atomic E-state index is 11.8. The second kappa shape index (κ2) is 6.93. The van der Waals surface area contributed by atoms with Crippen LogP contribution in [-0.4, -0.2) is 5.91 Å². The third kappa shape index (κ3) is 4.13. The van der Waals surface area contributed by atoms with E-state index in [2.05, 4.69) is 45.5 Å². The summed E-state index contributed by atoms with van der Waals surface area (Å²) in [5.41, 5.74) is 2.43. The molecular weight excluding hydrogens is 290 g/mol. The van der Waals surface area contributed by atoms with Crippen LogP contribution in [0, 0.1) is 5.92 Å². The van der Waals surface area contributed by atoms with Crippen molar-refractivity contribution in [2.75, 3.05) is 0 Å². The molecule has 0 spiro atoms. The van der Waals surface area contributed by atoms with Crippen molar-refractivity contribution in [1.82, 2.24) is 5.32 Å². The molecule has 1 aromatic rings. The smallest absolute Gasteiger partial charge is 0.220 e. The second-order valence-electron chi connectivity index (χ2n) is 5.08. The van der Waals surface area contributed by atoms with E-state index in [4.69, 9.17) is 0 Å². The summed E-state index contributed by atoms with van der Waals surface area (Å²) in [4.78, 5) is 11.8. The first-order valence-electron chi connectivity index (χ1n) is 6.68. The number of carbonyl (C=O) groups excluding carboxylic acids is 1. The fraction of sp³-hybridized carbons (Fsp3) is 0.533. The zero-order valence-electron chi connectivity index (χ0n) is 10.6. The fourth-order valence-electron chi connectivity index (χ4n) is 2.50. The number of carbonyl (C=O) groups is 1. The lowest BCUT2D eigenvalue weighted by Crippen LogP contribution is -2.24. The molecule has 1 saturated carbocycles. The molecule has 0 bridgehead atoms. The summed E-state index contributed by atoms with van der Waals surface area (Å²) >= 11 is 3.42. The minimum absolute atomic E-state index is 0.200. The van der Waals surface area contributed by atoms with Crippen LogP contribution in [-0.2, 0) is 16.7 Å². The third-order valence-electron chi connectivity index (χ3n) is 3.62. The highest BCUT2D eigenvalue weighted by atomic mass is 79.9. The van der Waals surface area contributed by atoms with Crippen molar-refractivity contribution in [3.63, 3.8) is 0 Å². The zero-order valence-corrected chi connectivity index (χ0v) is 12.2. The third-order valence-corrected chi connectivity index (χ3v) is 4.26. The average Bonchev–Trinajstić information content (AvgIpc) is 2.90. The van der Waals surface area contributed by atoms with Crippen LogP contribution in [0.1, 0.15) is 43.2 Å². The molecule has 1 aliphatic carbocycles. The van der Waals surface area contributed by atoms with Crippen LogP contribution >= 0.6 is 15.9 Å². The van der Waals surface area contributed by atoms with Gasteiger partial charge in [0, 0.05) is 18.3 Å². The molecule has 18 heavy (non-hydrogen) atoms. The van der Waals surface area contributed by atoms with Gasteiger partial charge >= 0.3 is 0 Å². The predicted octanol–water partition coefficient (Wildman–Crippen LogP) is 3.78. The van der Waals surface area contributed by atoms with Crippen LogP contribution in [0.3, 0.4) is 0 Å². The highest BCUT2D eigenvalue weighted by Gasteiger charge is 2.17. The van der Waals surface area contributed by atoms with Crippen LogP contribution in [0.5, 0.6) is 0 Å². The standard InChI is InChI=1S/C15H20BrNO/c16-10-13-5-7-14(8-6-13)11-17-15(18)9-12-3-1-2-4-12/h5-8,12H,1-4,9-11H2,(H,17,18). The van der Waals surface area contributed by atoms with Gasteiger partial charge in [-0.2, -0.15) is 0 Å². The van der Waals surface area contributed by atoms with Gasteiger partial charge in [-0.05, 0) is 29.9 Å². The minimum Gasteiger partial charge on any atom is -0.352 e. The maximum atomic E-state index is 11.8. The number of hydrogen-bond donors (Lipinski definition) is 1. The number of benzene rings is 1. The van der Waals surface area contributed by atoms with Crippen molar-refractivity contribution in [2.24, 2.45) is 5.92 Å². The van der Waals surface area contributed by atoms with Crippen molar-refractivity contribution < 1.29 is 4.79 Å². The molecule has 1 fully saturated rings. The molecule has 0 aliphatic heterocycles. The van der Waals surface area contributed by atoms with Gasteiger partial charge in [0.2, 0.25) is 5.91 Å². The first-order valence-corrected chi connectivity index (χ1v) is 7.80. The minimum atomic E-state index is 0.200. The summed E-state index contributed by atoms with van der Waals surface area (Å²) in [6.07, 6.45) is 5.76. The lowest BCUT2D eigenvalue weighted by Gasteiger charge is -2.09. The van der Waals surface area contributed by atoms with Gasteiger partial charge in [-0.15, -0.1) is 0 Å². The van der Waals surface area contributed by atoms with E-state index in [9.17, 15) is 4.79 Å². The van der Waals surface area contributed by atoms with E-state index in [1.54, 1.807) is 0 Å². The van der Waals surface area contributed by atoms with E-state index in [1.807, 2.05) is 0 Å². The van der Waals surface area contributed by atoms with Gasteiger partial charge in [-0.1, -0.05) is 53.0 Å². The Morgan fingerprint density at radius 3 is 2.39 bits per heavy atom. The van der Waals surface area contributed by atoms with Gasteiger partial charge in [0.05, 0.1) is 0 Å². The van der Waals surface area contributed by atoms with E-state index < -0.39 is 0 Å². The molecule has 2 nitrogen and oxygen atoms in total. The Morgan fingerprint density at radius 1 is 1.17 bits per heavy atom. The number of alkyl halides is 1. The maximum Gasteiger partial charge on any atom is 0.220 e. The quantitative estimate of drug-likeness (QED) is 0.824. The van der Waals surface area contributed by atoms with Crippen LogP contribution in [0.15, 0.2) is 24.3 Å². The van der Waals surface area contributed by atoms with Gasteiger partial charge in [0.1, 0.15) is 0 Å². The van der Waals surface area contributed by atoms with Gasteiger partial charge in [0.25, 0.3) is 0 Å². The molecule has 0 saturated heterocycles. The van der Waals surface area contributed by atoms with Crippen molar-refractivity contribution in [2.45, 2.75) is 44.0 Å². The summed E-state index contributed by atoms with van der Waals surface area (Å²) in [5.74, 6) is 0.826. The molecule has 2 rings (SSSR count). The van der Waals surface area contributed by atoms with Crippen molar-refractivity contribution in [3.05, 3.63) is 35.4 Å². The number of halogens is 1. The normalized spacial score (nSPS) is 15.8. The van der Waals surface area contributed by atoms with Crippen molar-refractivity contribution >= 4 is 21.8 Å². The summed E-state index contributed by atoms with van der Waals surface area (Å²) in [7, 11) is 0. The Kier molecular flexibility index (Phi) is 5.24. The summed E-state index contributed by atoms with van der Waals surface area (Å²) in [6.45, 7) is 0.647. The molecular formula is C15H20BrNO. The summed E-state index contributed by atoms with van der Waals surface area (Å²) in [6, 6.07) is 8.33. The van der Waals surface area contributed by atoms with Crippen molar-refractivity contribution in [1.29, 1.82) is 0 Å². The monoisotopic (exact) mass is 309 g/mol. The highest BCUT2D eigenvalue weighted by Crippen LogP contribution is 2.27. The van der Waals surface area contributed by atoms with E-state index in [-0.39, 0.29) is 5.91 Å². The molecule has 0 atom stereocenters. The van der Waals surface area contributed by atoms with Crippen LogP contribution in [0.4, 0.5) is 0 Å². The molecule has 3 heteroatoms. The first-order chi connectivity index (χ1) is 8.78. The van der Waals surface area contributed by atoms with Crippen LogP contribution in [0.25, 0.3) is 0 Å². The van der Waals surface area contributed by atoms with E-state index in [0.29, 0.717) is 18.9 Å². The molecule has 0 unspecified atom stereocenters. The molecule has 0 heterocycles. The lowest BCUT2D eigenvalue weighted by molar-refractivity contribution is -0.122. The highest BCUT2D eigenvalue weighted by molar-refractivity contribution is 9.08. The number of amides is 1. The Bertz CT molecular complexity index is 382. The Hall–Kier alpha value is -0.830. The number of hydrogen-bond acceptors (Lipinski definition) is 1. The predicted molar refractivity (Wildman–Crippen MR) is 77.5 cm³/mol. The van der Waals surface area contributed by atoms with Crippen LogP contribution in [0.2, 0.25) is 0 Å². The van der Waals surface area contributed by atoms with Crippen molar-refractivity contribution in [3.8, 4) is 0 Å². The average molecular weight is 310 g/mol.